The highest BCUT2D eigenvalue weighted by Gasteiger charge is 2.50. The first-order chi connectivity index (χ1) is 14.9. The molecule has 0 unspecified atom stereocenters. The van der Waals surface area contributed by atoms with Crippen LogP contribution in [0.4, 0.5) is 16.3 Å². The zero-order valence-corrected chi connectivity index (χ0v) is 18.8. The molecule has 1 saturated carbocycles. The van der Waals surface area contributed by atoms with Crippen molar-refractivity contribution in [1.29, 1.82) is 0 Å². The van der Waals surface area contributed by atoms with Crippen LogP contribution in [-0.4, -0.2) is 60.2 Å². The first-order valence-corrected chi connectivity index (χ1v) is 11.3. The Morgan fingerprint density at radius 1 is 1.06 bits per heavy atom. The third kappa shape index (κ3) is 3.35. The summed E-state index contributed by atoms with van der Waals surface area (Å²) in [7, 11) is 4.35. The van der Waals surface area contributed by atoms with Gasteiger partial charge in [-0.25, -0.2) is 14.8 Å². The van der Waals surface area contributed by atoms with Gasteiger partial charge in [0.2, 0.25) is 0 Å². The molecule has 0 atom stereocenters. The van der Waals surface area contributed by atoms with Gasteiger partial charge in [-0.05, 0) is 58.7 Å². The number of amides is 2. The maximum absolute atomic E-state index is 13.1. The molecule has 2 amide bonds. The number of rotatable bonds is 4. The second-order valence-corrected chi connectivity index (χ2v) is 9.56. The van der Waals surface area contributed by atoms with Crippen molar-refractivity contribution >= 4 is 17.5 Å². The summed E-state index contributed by atoms with van der Waals surface area (Å²) in [6.07, 6.45) is 6.93. The number of aryl methyl sites for hydroxylation is 1. The van der Waals surface area contributed by atoms with E-state index in [9.17, 15) is 4.79 Å². The Kier molecular flexibility index (Phi) is 4.88. The molecule has 1 aromatic carbocycles. The molecule has 2 saturated heterocycles. The van der Waals surface area contributed by atoms with Crippen molar-refractivity contribution in [2.24, 2.45) is 0 Å². The Bertz CT molecular complexity index is 963. The second-order valence-electron chi connectivity index (χ2n) is 9.56. The number of hydrogen-bond acceptors (Lipinski definition) is 5. The number of urea groups is 1. The minimum atomic E-state index is -0.192. The van der Waals surface area contributed by atoms with Gasteiger partial charge >= 0.3 is 6.03 Å². The number of benzene rings is 1. The maximum Gasteiger partial charge on any atom is 0.322 e. The summed E-state index contributed by atoms with van der Waals surface area (Å²) in [5, 5.41) is 3.36. The van der Waals surface area contributed by atoms with Gasteiger partial charge in [-0.2, -0.15) is 0 Å². The summed E-state index contributed by atoms with van der Waals surface area (Å²) in [5.74, 6) is 1.64. The van der Waals surface area contributed by atoms with Crippen LogP contribution in [0.2, 0.25) is 0 Å². The van der Waals surface area contributed by atoms with Crippen LogP contribution in [0, 0.1) is 6.92 Å². The van der Waals surface area contributed by atoms with Crippen LogP contribution in [0.1, 0.15) is 43.5 Å². The lowest BCUT2D eigenvalue weighted by molar-refractivity contribution is 0.0658. The molecule has 7 nitrogen and oxygen atoms in total. The molecule has 0 bridgehead atoms. The average molecular weight is 421 g/mol. The van der Waals surface area contributed by atoms with Gasteiger partial charge in [0, 0.05) is 18.6 Å². The van der Waals surface area contributed by atoms with E-state index in [4.69, 9.17) is 0 Å². The molecule has 7 heteroatoms. The Morgan fingerprint density at radius 2 is 1.77 bits per heavy atom. The van der Waals surface area contributed by atoms with E-state index >= 15 is 0 Å². The second kappa shape index (κ2) is 7.48. The fourth-order valence-electron chi connectivity index (χ4n) is 5.47. The highest BCUT2D eigenvalue weighted by atomic mass is 16.2. The van der Waals surface area contributed by atoms with E-state index in [1.165, 1.54) is 12.0 Å². The standard InChI is InChI=1S/C24H32N6O/c1-18-25-16-20(21(26-18)29-14-7-15-29)30-17-23(27-22(30)31)10-12-24(13-11-23,28(2)3)19-8-5-4-6-9-19/h4-6,8-9,16H,7,10-15,17H2,1-3H3,(H,27,31)/t23-,24-. The predicted octanol–water partition coefficient (Wildman–Crippen LogP) is 3.29. The minimum Gasteiger partial charge on any atom is -0.355 e. The van der Waals surface area contributed by atoms with Crippen LogP contribution in [0.5, 0.6) is 0 Å². The largest absolute Gasteiger partial charge is 0.355 e. The smallest absolute Gasteiger partial charge is 0.322 e. The van der Waals surface area contributed by atoms with Gasteiger partial charge in [-0.15, -0.1) is 0 Å². The van der Waals surface area contributed by atoms with Gasteiger partial charge in [0.1, 0.15) is 11.5 Å². The van der Waals surface area contributed by atoms with Crippen LogP contribution >= 0.6 is 0 Å². The molecule has 1 aliphatic carbocycles. The van der Waals surface area contributed by atoms with Crippen LogP contribution in [0.25, 0.3) is 0 Å². The van der Waals surface area contributed by atoms with Crippen LogP contribution < -0.4 is 15.1 Å². The number of carbonyl (C=O) groups excluding carboxylic acids is 1. The van der Waals surface area contributed by atoms with Crippen molar-refractivity contribution in [2.75, 3.05) is 43.5 Å². The highest BCUT2D eigenvalue weighted by Crippen LogP contribution is 2.47. The normalized spacial score (nSPS) is 28.2. The molecule has 2 aromatic rings. The summed E-state index contributed by atoms with van der Waals surface area (Å²) in [5.41, 5.74) is 2.03. The Balaban J connectivity index is 1.39. The third-order valence-corrected chi connectivity index (χ3v) is 7.60. The van der Waals surface area contributed by atoms with Gasteiger partial charge in [0.25, 0.3) is 0 Å². The molecule has 3 heterocycles. The molecular formula is C24H32N6O. The quantitative estimate of drug-likeness (QED) is 0.822. The van der Waals surface area contributed by atoms with Gasteiger partial charge < -0.3 is 10.2 Å². The van der Waals surface area contributed by atoms with Gasteiger partial charge in [-0.3, -0.25) is 9.80 Å². The fraction of sp³-hybridized carbons (Fsp3) is 0.542. The van der Waals surface area contributed by atoms with Crippen molar-refractivity contribution in [3.63, 3.8) is 0 Å². The molecule has 3 aliphatic rings. The van der Waals surface area contributed by atoms with E-state index in [0.29, 0.717) is 6.54 Å². The van der Waals surface area contributed by atoms with Crippen molar-refractivity contribution < 1.29 is 4.79 Å². The van der Waals surface area contributed by atoms with Crippen LogP contribution in [0.15, 0.2) is 36.5 Å². The number of carbonyl (C=O) groups is 1. The van der Waals surface area contributed by atoms with Crippen LogP contribution in [-0.2, 0) is 5.54 Å². The summed E-state index contributed by atoms with van der Waals surface area (Å²) < 4.78 is 0. The molecule has 1 N–H and O–H groups in total. The fourth-order valence-corrected chi connectivity index (χ4v) is 5.47. The number of nitrogens with zero attached hydrogens (tertiary/aromatic N) is 5. The number of hydrogen-bond donors (Lipinski definition) is 1. The van der Waals surface area contributed by atoms with Gasteiger partial charge in [-0.1, -0.05) is 30.3 Å². The van der Waals surface area contributed by atoms with E-state index in [0.717, 1.165) is 56.1 Å². The molecular weight excluding hydrogens is 388 g/mol. The topological polar surface area (TPSA) is 64.6 Å². The molecule has 5 rings (SSSR count). The minimum absolute atomic E-state index is 0.0143. The molecule has 3 fully saturated rings. The van der Waals surface area contributed by atoms with E-state index < -0.39 is 0 Å². The average Bonchev–Trinajstić information content (AvgIpc) is 3.04. The van der Waals surface area contributed by atoms with Crippen molar-refractivity contribution in [1.82, 2.24) is 20.2 Å². The molecule has 1 aromatic heterocycles. The summed E-state index contributed by atoms with van der Waals surface area (Å²) in [4.78, 5) is 28.7. The van der Waals surface area contributed by atoms with E-state index in [-0.39, 0.29) is 17.1 Å². The first-order valence-electron chi connectivity index (χ1n) is 11.3. The van der Waals surface area contributed by atoms with E-state index in [1.54, 1.807) is 0 Å². The molecule has 164 valence electrons. The maximum atomic E-state index is 13.1. The van der Waals surface area contributed by atoms with Crippen molar-refractivity contribution in [3.8, 4) is 0 Å². The zero-order chi connectivity index (χ0) is 21.6. The third-order valence-electron chi connectivity index (χ3n) is 7.60. The lowest BCUT2D eigenvalue weighted by Crippen LogP contribution is -2.54. The SMILES string of the molecule is Cc1ncc(N2C[C@]3(CC[C@@](c4ccccc4)(N(C)C)CC3)NC2=O)c(N2CCC2)n1. The number of anilines is 2. The van der Waals surface area contributed by atoms with E-state index in [2.05, 4.69) is 69.5 Å². The number of nitrogens with one attached hydrogen (secondary N) is 1. The van der Waals surface area contributed by atoms with Crippen LogP contribution in [0.3, 0.4) is 0 Å². The Hall–Kier alpha value is -2.67. The van der Waals surface area contributed by atoms with Gasteiger partial charge in [0.15, 0.2) is 5.82 Å². The van der Waals surface area contributed by atoms with Crippen molar-refractivity contribution in [3.05, 3.63) is 47.9 Å². The molecule has 31 heavy (non-hydrogen) atoms. The summed E-state index contributed by atoms with van der Waals surface area (Å²) >= 11 is 0. The zero-order valence-electron chi connectivity index (χ0n) is 18.8. The van der Waals surface area contributed by atoms with Crippen molar-refractivity contribution in [2.45, 2.75) is 50.1 Å². The highest BCUT2D eigenvalue weighted by molar-refractivity contribution is 5.98. The summed E-state index contributed by atoms with van der Waals surface area (Å²) in [6.45, 7) is 4.57. The lowest BCUT2D eigenvalue weighted by atomic mass is 9.69. The monoisotopic (exact) mass is 420 g/mol. The van der Waals surface area contributed by atoms with Gasteiger partial charge in [0.05, 0.1) is 18.3 Å². The first kappa shape index (κ1) is 20.2. The van der Waals surface area contributed by atoms with E-state index in [1.807, 2.05) is 18.0 Å². The molecule has 2 aliphatic heterocycles. The molecule has 0 radical (unpaired) electrons. The molecule has 1 spiro atoms. The Labute approximate surface area is 184 Å². The lowest BCUT2D eigenvalue weighted by Gasteiger charge is -2.48. The summed E-state index contributed by atoms with van der Waals surface area (Å²) in [6, 6.07) is 10.8. The number of aromatic nitrogens is 2. The Morgan fingerprint density at radius 3 is 2.39 bits per heavy atom. The predicted molar refractivity (Wildman–Crippen MR) is 122 cm³/mol.